The topological polar surface area (TPSA) is 83.0 Å². The Labute approximate surface area is 120 Å². The lowest BCUT2D eigenvalue weighted by Gasteiger charge is -2.25. The maximum absolute atomic E-state index is 11.0. The molecule has 0 saturated carbocycles. The van der Waals surface area contributed by atoms with Crippen molar-refractivity contribution in [3.05, 3.63) is 33.8 Å². The van der Waals surface area contributed by atoms with Crippen molar-refractivity contribution in [3.63, 3.8) is 0 Å². The quantitative estimate of drug-likeness (QED) is 0.805. The number of aromatic amines is 1. The number of nitrogens with one attached hydrogen (secondary N) is 3. The highest BCUT2D eigenvalue weighted by atomic mass is 35.5. The molecule has 1 saturated heterocycles. The van der Waals surface area contributed by atoms with Gasteiger partial charge in [-0.25, -0.2) is 9.89 Å². The largest absolute Gasteiger partial charge is 0.434 e. The van der Waals surface area contributed by atoms with Gasteiger partial charge >= 0.3 is 5.76 Å². The summed E-state index contributed by atoms with van der Waals surface area (Å²) in [6.07, 6.45) is 2.11. The molecule has 106 valence electrons. The van der Waals surface area contributed by atoms with Crippen LogP contribution in [0.5, 0.6) is 0 Å². The summed E-state index contributed by atoms with van der Waals surface area (Å²) in [4.78, 5) is 11.0. The lowest BCUT2D eigenvalue weighted by atomic mass is 10.1. The van der Waals surface area contributed by atoms with Gasteiger partial charge in [-0.05, 0) is 44.1 Å². The minimum atomic E-state index is -0.567. The number of benzene rings is 1. The smallest absolute Gasteiger partial charge is 0.388 e. The Morgan fingerprint density at radius 3 is 2.85 bits per heavy atom. The number of aromatic nitrogens is 2. The molecule has 1 fully saturated rings. The predicted octanol–water partition coefficient (Wildman–Crippen LogP) is 1.85. The van der Waals surface area contributed by atoms with Gasteiger partial charge in [-0.2, -0.15) is 0 Å². The number of hydrogen-bond acceptors (Lipinski definition) is 5. The molecule has 2 heterocycles. The summed E-state index contributed by atoms with van der Waals surface area (Å²) >= 11 is 6.21. The lowest BCUT2D eigenvalue weighted by molar-refractivity contribution is 0.479. The lowest BCUT2D eigenvalue weighted by Crippen LogP contribution is -2.35. The van der Waals surface area contributed by atoms with Crippen LogP contribution in [0.15, 0.2) is 27.4 Å². The Bertz CT molecular complexity index is 646. The van der Waals surface area contributed by atoms with E-state index in [2.05, 4.69) is 20.8 Å². The fourth-order valence-electron chi connectivity index (χ4n) is 2.31. The van der Waals surface area contributed by atoms with Crippen LogP contribution in [0.3, 0.4) is 0 Å². The summed E-state index contributed by atoms with van der Waals surface area (Å²) in [5.74, 6) is -0.303. The van der Waals surface area contributed by atoms with Crippen LogP contribution in [-0.2, 0) is 0 Å². The first-order valence-electron chi connectivity index (χ1n) is 6.55. The van der Waals surface area contributed by atoms with Gasteiger partial charge in [0.25, 0.3) is 0 Å². The van der Waals surface area contributed by atoms with Crippen molar-refractivity contribution in [3.8, 4) is 11.5 Å². The average Bonchev–Trinajstić information content (AvgIpc) is 2.89. The maximum atomic E-state index is 11.0. The van der Waals surface area contributed by atoms with E-state index < -0.39 is 5.76 Å². The van der Waals surface area contributed by atoms with Crippen molar-refractivity contribution in [1.82, 2.24) is 15.5 Å². The van der Waals surface area contributed by atoms with E-state index in [0.717, 1.165) is 31.6 Å². The number of H-pyrrole nitrogens is 1. The highest BCUT2D eigenvalue weighted by Crippen LogP contribution is 2.28. The summed E-state index contributed by atoms with van der Waals surface area (Å²) < 4.78 is 4.95. The average molecular weight is 295 g/mol. The van der Waals surface area contributed by atoms with E-state index in [-0.39, 0.29) is 5.89 Å². The minimum Gasteiger partial charge on any atom is -0.388 e. The van der Waals surface area contributed by atoms with Gasteiger partial charge in [-0.15, -0.1) is 5.10 Å². The standard InChI is InChI=1S/C13H15ClN4O2/c14-10-2-1-8(12-17-18-13(19)20-12)7-11(10)16-9-3-5-15-6-4-9/h1-2,7,9,15-16H,3-6H2,(H,18,19). The minimum absolute atomic E-state index is 0.264. The molecule has 0 bridgehead atoms. The predicted molar refractivity (Wildman–Crippen MR) is 77.1 cm³/mol. The van der Waals surface area contributed by atoms with Crippen molar-refractivity contribution in [1.29, 1.82) is 0 Å². The zero-order valence-electron chi connectivity index (χ0n) is 10.8. The molecule has 0 radical (unpaired) electrons. The summed E-state index contributed by atoms with van der Waals surface area (Å²) in [5.41, 5.74) is 1.55. The zero-order chi connectivity index (χ0) is 13.9. The van der Waals surface area contributed by atoms with E-state index in [9.17, 15) is 4.79 Å². The molecule has 7 heteroatoms. The second-order valence-electron chi connectivity index (χ2n) is 4.78. The Morgan fingerprint density at radius 1 is 1.35 bits per heavy atom. The molecular formula is C13H15ClN4O2. The molecular weight excluding hydrogens is 280 g/mol. The van der Waals surface area contributed by atoms with Crippen molar-refractivity contribution in [2.45, 2.75) is 18.9 Å². The molecule has 0 amide bonds. The van der Waals surface area contributed by atoms with Gasteiger partial charge in [0.2, 0.25) is 5.89 Å². The second-order valence-corrected chi connectivity index (χ2v) is 5.19. The third-order valence-corrected chi connectivity index (χ3v) is 3.68. The molecule has 1 aliphatic rings. The molecule has 6 nitrogen and oxygen atoms in total. The molecule has 2 aromatic rings. The van der Waals surface area contributed by atoms with E-state index in [1.165, 1.54) is 0 Å². The molecule has 0 unspecified atom stereocenters. The van der Waals surface area contributed by atoms with Gasteiger partial charge < -0.3 is 15.1 Å². The van der Waals surface area contributed by atoms with E-state index in [0.29, 0.717) is 16.6 Å². The van der Waals surface area contributed by atoms with Gasteiger partial charge in [0, 0.05) is 11.6 Å². The van der Waals surface area contributed by atoms with E-state index in [1.807, 2.05) is 6.07 Å². The zero-order valence-corrected chi connectivity index (χ0v) is 11.5. The Kier molecular flexibility index (Phi) is 3.75. The number of anilines is 1. The van der Waals surface area contributed by atoms with E-state index in [1.54, 1.807) is 12.1 Å². The molecule has 3 rings (SSSR count). The molecule has 3 N–H and O–H groups in total. The van der Waals surface area contributed by atoms with Gasteiger partial charge in [-0.1, -0.05) is 11.6 Å². The summed E-state index contributed by atoms with van der Waals surface area (Å²) in [7, 11) is 0. The number of halogens is 1. The van der Waals surface area contributed by atoms with Crippen LogP contribution in [-0.4, -0.2) is 29.3 Å². The number of hydrogen-bond donors (Lipinski definition) is 3. The molecule has 1 aliphatic heterocycles. The van der Waals surface area contributed by atoms with Crippen LogP contribution >= 0.6 is 11.6 Å². The van der Waals surface area contributed by atoms with Gasteiger partial charge in [0.15, 0.2) is 0 Å². The van der Waals surface area contributed by atoms with Crippen molar-refractivity contribution < 1.29 is 4.42 Å². The van der Waals surface area contributed by atoms with Crippen LogP contribution in [0.1, 0.15) is 12.8 Å². The highest BCUT2D eigenvalue weighted by molar-refractivity contribution is 6.33. The Hall–Kier alpha value is -1.79. The van der Waals surface area contributed by atoms with Crippen LogP contribution < -0.4 is 16.4 Å². The van der Waals surface area contributed by atoms with E-state index >= 15 is 0 Å². The number of piperidine rings is 1. The normalized spacial score (nSPS) is 16.2. The Morgan fingerprint density at radius 2 is 2.15 bits per heavy atom. The fourth-order valence-corrected chi connectivity index (χ4v) is 2.48. The molecule has 20 heavy (non-hydrogen) atoms. The Balaban J connectivity index is 1.84. The van der Waals surface area contributed by atoms with Crippen molar-refractivity contribution >= 4 is 17.3 Å². The number of rotatable bonds is 3. The van der Waals surface area contributed by atoms with Crippen LogP contribution in [0.25, 0.3) is 11.5 Å². The van der Waals surface area contributed by atoms with Crippen LogP contribution in [0.4, 0.5) is 5.69 Å². The van der Waals surface area contributed by atoms with E-state index in [4.69, 9.17) is 16.0 Å². The maximum Gasteiger partial charge on any atom is 0.434 e. The molecule has 0 aliphatic carbocycles. The third-order valence-electron chi connectivity index (χ3n) is 3.35. The monoisotopic (exact) mass is 294 g/mol. The van der Waals surface area contributed by atoms with Crippen LogP contribution in [0, 0.1) is 0 Å². The first-order valence-corrected chi connectivity index (χ1v) is 6.93. The summed E-state index contributed by atoms with van der Waals surface area (Å²) in [6, 6.07) is 5.79. The SMILES string of the molecule is O=c1[nH]nc(-c2ccc(Cl)c(NC3CCNCC3)c2)o1. The summed E-state index contributed by atoms with van der Waals surface area (Å²) in [5, 5.41) is 13.5. The second kappa shape index (κ2) is 5.68. The molecule has 0 atom stereocenters. The first kappa shape index (κ1) is 13.2. The van der Waals surface area contributed by atoms with Gasteiger partial charge in [-0.3, -0.25) is 0 Å². The van der Waals surface area contributed by atoms with Crippen molar-refractivity contribution in [2.24, 2.45) is 0 Å². The van der Waals surface area contributed by atoms with Gasteiger partial charge in [0.05, 0.1) is 10.7 Å². The highest BCUT2D eigenvalue weighted by Gasteiger charge is 2.15. The fraction of sp³-hybridized carbons (Fsp3) is 0.385. The third kappa shape index (κ3) is 2.86. The molecule has 1 aromatic heterocycles. The van der Waals surface area contributed by atoms with Crippen LogP contribution in [0.2, 0.25) is 5.02 Å². The van der Waals surface area contributed by atoms with Gasteiger partial charge in [0.1, 0.15) is 0 Å². The number of nitrogens with zero attached hydrogens (tertiary/aromatic N) is 1. The summed E-state index contributed by atoms with van der Waals surface area (Å²) in [6.45, 7) is 2.01. The first-order chi connectivity index (χ1) is 9.72. The van der Waals surface area contributed by atoms with Crippen molar-refractivity contribution in [2.75, 3.05) is 18.4 Å². The molecule has 1 aromatic carbocycles. The molecule has 0 spiro atoms.